The fourth-order valence-electron chi connectivity index (χ4n) is 2.39. The van der Waals surface area contributed by atoms with Gasteiger partial charge in [0, 0.05) is 19.6 Å². The van der Waals surface area contributed by atoms with Crippen molar-refractivity contribution >= 4 is 29.6 Å². The van der Waals surface area contributed by atoms with Crippen molar-refractivity contribution in [1.29, 1.82) is 0 Å². The van der Waals surface area contributed by atoms with Crippen molar-refractivity contribution in [1.82, 2.24) is 10.2 Å². The maximum atomic E-state index is 10.0. The standard InChI is InChI=1S/C10H11Cl2N.C5H9NO2/c11-9-2-1-7(5-10(9)12)8-3-4-13-6-8;7-5-6-1-3-8-4-2-6/h1-2,5,8,13H,3-4,6H2;5H,1-4H2. The molecule has 116 valence electrons. The lowest BCUT2D eigenvalue weighted by Crippen LogP contribution is -2.34. The van der Waals surface area contributed by atoms with Crippen LogP contribution in [-0.4, -0.2) is 50.7 Å². The predicted molar refractivity (Wildman–Crippen MR) is 85.1 cm³/mol. The van der Waals surface area contributed by atoms with Crippen LogP contribution in [0.4, 0.5) is 0 Å². The highest BCUT2D eigenvalue weighted by atomic mass is 35.5. The molecule has 2 fully saturated rings. The number of amides is 1. The largest absolute Gasteiger partial charge is 0.378 e. The minimum atomic E-state index is 0.606. The first-order valence-electron chi connectivity index (χ1n) is 7.13. The zero-order chi connectivity index (χ0) is 15.1. The molecular formula is C15H20Cl2N2O2. The molecule has 2 heterocycles. The van der Waals surface area contributed by atoms with E-state index < -0.39 is 0 Å². The molecule has 0 aliphatic carbocycles. The molecule has 1 unspecified atom stereocenters. The Morgan fingerprint density at radius 2 is 2.00 bits per heavy atom. The monoisotopic (exact) mass is 330 g/mol. The first-order valence-corrected chi connectivity index (χ1v) is 7.89. The summed E-state index contributed by atoms with van der Waals surface area (Å²) in [5, 5.41) is 4.62. The number of morpholine rings is 1. The summed E-state index contributed by atoms with van der Waals surface area (Å²) in [6.45, 7) is 5.05. The second kappa shape index (κ2) is 8.59. The van der Waals surface area contributed by atoms with E-state index in [4.69, 9.17) is 27.9 Å². The van der Waals surface area contributed by atoms with E-state index in [0.29, 0.717) is 29.2 Å². The Labute approximate surface area is 135 Å². The molecule has 4 nitrogen and oxygen atoms in total. The summed E-state index contributed by atoms with van der Waals surface area (Å²) >= 11 is 11.8. The van der Waals surface area contributed by atoms with Gasteiger partial charge in [-0.3, -0.25) is 4.79 Å². The molecule has 21 heavy (non-hydrogen) atoms. The van der Waals surface area contributed by atoms with E-state index in [9.17, 15) is 4.79 Å². The quantitative estimate of drug-likeness (QED) is 0.847. The molecule has 3 rings (SSSR count). The Morgan fingerprint density at radius 3 is 2.52 bits per heavy atom. The second-order valence-electron chi connectivity index (χ2n) is 5.12. The molecule has 1 amide bonds. The Bertz CT molecular complexity index is 459. The van der Waals surface area contributed by atoms with Gasteiger partial charge in [-0.05, 0) is 36.6 Å². The summed E-state index contributed by atoms with van der Waals surface area (Å²) in [6, 6.07) is 5.91. The third-order valence-corrected chi connectivity index (χ3v) is 4.41. The molecule has 0 bridgehead atoms. The maximum Gasteiger partial charge on any atom is 0.209 e. The molecule has 6 heteroatoms. The Morgan fingerprint density at radius 1 is 1.24 bits per heavy atom. The van der Waals surface area contributed by atoms with Crippen LogP contribution in [0, 0.1) is 0 Å². The van der Waals surface area contributed by atoms with Crippen molar-refractivity contribution in [3.8, 4) is 0 Å². The van der Waals surface area contributed by atoms with Crippen LogP contribution >= 0.6 is 23.2 Å². The van der Waals surface area contributed by atoms with Crippen LogP contribution in [0.15, 0.2) is 18.2 Å². The van der Waals surface area contributed by atoms with Gasteiger partial charge in [0.1, 0.15) is 0 Å². The predicted octanol–water partition coefficient (Wildman–Crippen LogP) is 2.55. The van der Waals surface area contributed by atoms with E-state index in [1.165, 1.54) is 12.0 Å². The van der Waals surface area contributed by atoms with Crippen molar-refractivity contribution in [3.63, 3.8) is 0 Å². The molecule has 0 spiro atoms. The summed E-state index contributed by atoms with van der Waals surface area (Å²) in [7, 11) is 0. The van der Waals surface area contributed by atoms with Crippen molar-refractivity contribution in [2.45, 2.75) is 12.3 Å². The van der Waals surface area contributed by atoms with Crippen LogP contribution in [0.25, 0.3) is 0 Å². The zero-order valence-electron chi connectivity index (χ0n) is 11.9. The topological polar surface area (TPSA) is 41.6 Å². The SMILES string of the molecule is Clc1ccc(C2CCNC2)cc1Cl.O=CN1CCOCC1. The van der Waals surface area contributed by atoms with Gasteiger partial charge in [0.05, 0.1) is 23.3 Å². The van der Waals surface area contributed by atoms with Gasteiger partial charge in [0.15, 0.2) is 0 Å². The van der Waals surface area contributed by atoms with Gasteiger partial charge in [-0.15, -0.1) is 0 Å². The number of carbonyl (C=O) groups is 1. The molecule has 2 aliphatic rings. The molecule has 1 aromatic rings. The molecule has 1 atom stereocenters. The molecule has 2 aliphatic heterocycles. The fraction of sp³-hybridized carbons (Fsp3) is 0.533. The highest BCUT2D eigenvalue weighted by Gasteiger charge is 2.16. The molecule has 1 N–H and O–H groups in total. The van der Waals surface area contributed by atoms with Crippen LogP contribution in [0.2, 0.25) is 10.0 Å². The molecule has 0 radical (unpaired) electrons. The number of halogens is 2. The molecular weight excluding hydrogens is 311 g/mol. The highest BCUT2D eigenvalue weighted by molar-refractivity contribution is 6.42. The summed E-state index contributed by atoms with van der Waals surface area (Å²) in [5.74, 6) is 0.606. The van der Waals surface area contributed by atoms with Gasteiger partial charge >= 0.3 is 0 Å². The summed E-state index contributed by atoms with van der Waals surface area (Å²) < 4.78 is 5.00. The highest BCUT2D eigenvalue weighted by Crippen LogP contribution is 2.28. The number of carbonyl (C=O) groups excluding carboxylic acids is 1. The molecule has 0 saturated carbocycles. The lowest BCUT2D eigenvalue weighted by molar-refractivity contribution is -0.121. The Hall–Kier alpha value is -0.810. The van der Waals surface area contributed by atoms with Crippen LogP contribution in [-0.2, 0) is 9.53 Å². The van der Waals surface area contributed by atoms with Crippen molar-refractivity contribution in [2.24, 2.45) is 0 Å². The van der Waals surface area contributed by atoms with Crippen LogP contribution in [0.1, 0.15) is 17.9 Å². The van der Waals surface area contributed by atoms with E-state index in [2.05, 4.69) is 11.4 Å². The van der Waals surface area contributed by atoms with Crippen LogP contribution in [0.3, 0.4) is 0 Å². The van der Waals surface area contributed by atoms with E-state index in [1.54, 1.807) is 4.90 Å². The van der Waals surface area contributed by atoms with Gasteiger partial charge < -0.3 is 15.0 Å². The van der Waals surface area contributed by atoms with Crippen molar-refractivity contribution < 1.29 is 9.53 Å². The van der Waals surface area contributed by atoms with E-state index >= 15 is 0 Å². The number of hydrogen-bond acceptors (Lipinski definition) is 3. The molecule has 2 saturated heterocycles. The number of hydrogen-bond donors (Lipinski definition) is 1. The first kappa shape index (κ1) is 16.6. The summed E-state index contributed by atoms with van der Waals surface area (Å²) in [6.07, 6.45) is 2.06. The maximum absolute atomic E-state index is 10.0. The third-order valence-electron chi connectivity index (χ3n) is 3.67. The van der Waals surface area contributed by atoms with Crippen molar-refractivity contribution in [2.75, 3.05) is 39.4 Å². The zero-order valence-corrected chi connectivity index (χ0v) is 13.4. The number of nitrogens with zero attached hydrogens (tertiary/aromatic N) is 1. The minimum Gasteiger partial charge on any atom is -0.378 e. The number of benzene rings is 1. The fourth-order valence-corrected chi connectivity index (χ4v) is 2.69. The van der Waals surface area contributed by atoms with Gasteiger partial charge in [0.2, 0.25) is 6.41 Å². The lowest BCUT2D eigenvalue weighted by atomic mass is 9.99. The van der Waals surface area contributed by atoms with Gasteiger partial charge in [-0.1, -0.05) is 29.3 Å². The normalized spacial score (nSPS) is 21.6. The Balaban J connectivity index is 0.000000173. The van der Waals surface area contributed by atoms with Crippen LogP contribution in [0.5, 0.6) is 0 Å². The first-order chi connectivity index (χ1) is 10.2. The Kier molecular flexibility index (Phi) is 6.77. The summed E-state index contributed by atoms with van der Waals surface area (Å²) in [5.41, 5.74) is 1.29. The van der Waals surface area contributed by atoms with E-state index in [-0.39, 0.29) is 0 Å². The van der Waals surface area contributed by atoms with Crippen molar-refractivity contribution in [3.05, 3.63) is 33.8 Å². The lowest BCUT2D eigenvalue weighted by Gasteiger charge is -2.21. The van der Waals surface area contributed by atoms with Gasteiger partial charge in [-0.25, -0.2) is 0 Å². The van der Waals surface area contributed by atoms with E-state index in [0.717, 1.165) is 32.6 Å². The third kappa shape index (κ3) is 5.15. The number of nitrogens with one attached hydrogen (secondary N) is 1. The number of ether oxygens (including phenoxy) is 1. The van der Waals surface area contributed by atoms with Gasteiger partial charge in [-0.2, -0.15) is 0 Å². The average Bonchev–Trinajstić information content (AvgIpc) is 3.06. The number of rotatable bonds is 2. The molecule has 1 aromatic carbocycles. The smallest absolute Gasteiger partial charge is 0.209 e. The van der Waals surface area contributed by atoms with Gasteiger partial charge in [0.25, 0.3) is 0 Å². The molecule has 0 aromatic heterocycles. The van der Waals surface area contributed by atoms with E-state index in [1.807, 2.05) is 12.1 Å². The second-order valence-corrected chi connectivity index (χ2v) is 5.93. The van der Waals surface area contributed by atoms with Crippen LogP contribution < -0.4 is 5.32 Å². The minimum absolute atomic E-state index is 0.606. The average molecular weight is 331 g/mol. The summed E-state index contributed by atoms with van der Waals surface area (Å²) in [4.78, 5) is 11.7.